The molecule has 0 amide bonds. The Morgan fingerprint density at radius 3 is 2.63 bits per heavy atom. The first kappa shape index (κ1) is 14.0. The second-order valence-corrected chi connectivity index (χ2v) is 7.05. The van der Waals surface area contributed by atoms with E-state index in [9.17, 15) is 17.6 Å². The second-order valence-electron chi connectivity index (χ2n) is 4.64. The molecule has 0 aliphatic heterocycles. The normalized spacial score (nSPS) is 30.1. The van der Waals surface area contributed by atoms with Crippen molar-refractivity contribution < 1.29 is 22.7 Å². The van der Waals surface area contributed by atoms with Crippen LogP contribution in [0.4, 0.5) is 4.39 Å². The number of aliphatic carboxylic acids is 1. The lowest BCUT2D eigenvalue weighted by Gasteiger charge is -2.05. The molecule has 0 aromatic heterocycles. The van der Waals surface area contributed by atoms with Crippen molar-refractivity contribution in [2.75, 3.05) is 5.75 Å². The summed E-state index contributed by atoms with van der Waals surface area (Å²) in [6, 6.07) is 5.22. The summed E-state index contributed by atoms with van der Waals surface area (Å²) in [6.45, 7) is 1.43. The van der Waals surface area contributed by atoms with E-state index in [1.54, 1.807) is 0 Å². The summed E-state index contributed by atoms with van der Waals surface area (Å²) >= 11 is 0. The maximum Gasteiger partial charge on any atom is 0.325 e. The van der Waals surface area contributed by atoms with Crippen molar-refractivity contribution in [3.8, 4) is 0 Å². The van der Waals surface area contributed by atoms with Crippen LogP contribution < -0.4 is 5.73 Å². The maximum atomic E-state index is 13.2. The first-order chi connectivity index (χ1) is 8.75. The van der Waals surface area contributed by atoms with Gasteiger partial charge in [-0.3, -0.25) is 4.79 Å². The number of nitrogens with two attached hydrogens (primary N) is 1. The van der Waals surface area contributed by atoms with Crippen LogP contribution in [0.2, 0.25) is 0 Å². The number of sulfone groups is 1. The lowest BCUT2D eigenvalue weighted by molar-refractivity contribution is -0.139. The van der Waals surface area contributed by atoms with Crippen LogP contribution in [0.1, 0.15) is 18.4 Å². The van der Waals surface area contributed by atoms with Gasteiger partial charge in [-0.25, -0.2) is 12.8 Å². The van der Waals surface area contributed by atoms with E-state index >= 15 is 0 Å². The molecule has 1 saturated carbocycles. The summed E-state index contributed by atoms with van der Waals surface area (Å²) in [4.78, 5) is 11.2. The Labute approximate surface area is 110 Å². The third-order valence-electron chi connectivity index (χ3n) is 3.55. The van der Waals surface area contributed by atoms with Gasteiger partial charge in [0.25, 0.3) is 0 Å². The number of halogens is 1. The summed E-state index contributed by atoms with van der Waals surface area (Å²) in [5.74, 6) is -3.05. The fourth-order valence-electron chi connectivity index (χ4n) is 2.46. The molecule has 1 aromatic rings. The molecule has 0 radical (unpaired) electrons. The van der Waals surface area contributed by atoms with E-state index in [0.717, 1.165) is 6.07 Å². The van der Waals surface area contributed by atoms with Gasteiger partial charge in [0.1, 0.15) is 11.4 Å². The third kappa shape index (κ3) is 2.02. The zero-order chi connectivity index (χ0) is 14.4. The minimum atomic E-state index is -3.62. The highest BCUT2D eigenvalue weighted by Gasteiger charge is 2.73. The molecule has 0 saturated heterocycles. The molecular weight excluding hydrogens is 273 g/mol. The first-order valence-corrected chi connectivity index (χ1v) is 7.46. The largest absolute Gasteiger partial charge is 0.480 e. The Bertz CT molecular complexity index is 630. The average Bonchev–Trinajstić information content (AvgIpc) is 2.98. The van der Waals surface area contributed by atoms with Crippen molar-refractivity contribution in [2.45, 2.75) is 23.6 Å². The predicted octanol–water partition coefficient (Wildman–Crippen LogP) is 0.508. The van der Waals surface area contributed by atoms with Crippen molar-refractivity contribution in [3.63, 3.8) is 0 Å². The third-order valence-corrected chi connectivity index (χ3v) is 5.79. The monoisotopic (exact) mass is 287 g/mol. The van der Waals surface area contributed by atoms with Crippen molar-refractivity contribution in [1.82, 2.24) is 0 Å². The lowest BCUT2D eigenvalue weighted by atomic mass is 10.1. The molecule has 1 aromatic carbocycles. The number of hydrogen-bond acceptors (Lipinski definition) is 4. The highest BCUT2D eigenvalue weighted by Crippen LogP contribution is 2.54. The van der Waals surface area contributed by atoms with Gasteiger partial charge in [0.2, 0.25) is 0 Å². The van der Waals surface area contributed by atoms with E-state index in [1.165, 1.54) is 25.1 Å². The van der Waals surface area contributed by atoms with E-state index in [-0.39, 0.29) is 5.75 Å². The SMILES string of the molecule is CCS(=O)(=O)[C@@H]1[C@H](c2cccc(F)c2)[C@@]1(N)C(=O)O. The molecule has 0 unspecified atom stereocenters. The number of hydrogen-bond donors (Lipinski definition) is 2. The zero-order valence-corrected chi connectivity index (χ0v) is 11.0. The molecule has 2 rings (SSSR count). The molecule has 1 fully saturated rings. The number of benzene rings is 1. The van der Waals surface area contributed by atoms with Gasteiger partial charge in [0.15, 0.2) is 9.84 Å². The van der Waals surface area contributed by atoms with Gasteiger partial charge in [-0.2, -0.15) is 0 Å². The summed E-state index contributed by atoms with van der Waals surface area (Å²) in [5, 5.41) is 7.96. The van der Waals surface area contributed by atoms with Crippen LogP contribution in [0, 0.1) is 5.82 Å². The fourth-order valence-corrected chi connectivity index (χ4v) is 4.38. The summed E-state index contributed by atoms with van der Waals surface area (Å²) < 4.78 is 37.0. The lowest BCUT2D eigenvalue weighted by Crippen LogP contribution is -2.40. The van der Waals surface area contributed by atoms with Gasteiger partial charge < -0.3 is 10.8 Å². The molecule has 1 aliphatic carbocycles. The van der Waals surface area contributed by atoms with E-state index in [0.29, 0.717) is 5.56 Å². The van der Waals surface area contributed by atoms with Crippen LogP contribution in [-0.2, 0) is 14.6 Å². The minimum Gasteiger partial charge on any atom is -0.480 e. The molecule has 104 valence electrons. The predicted molar refractivity (Wildman–Crippen MR) is 66.9 cm³/mol. The molecule has 0 bridgehead atoms. The van der Waals surface area contributed by atoms with Crippen molar-refractivity contribution in [1.29, 1.82) is 0 Å². The average molecular weight is 287 g/mol. The van der Waals surface area contributed by atoms with Gasteiger partial charge in [-0.15, -0.1) is 0 Å². The highest BCUT2D eigenvalue weighted by molar-refractivity contribution is 7.92. The molecule has 0 spiro atoms. The Morgan fingerprint density at radius 2 is 2.16 bits per heavy atom. The van der Waals surface area contributed by atoms with Crippen LogP contribution in [0.25, 0.3) is 0 Å². The second kappa shape index (κ2) is 4.28. The summed E-state index contributed by atoms with van der Waals surface area (Å²) in [7, 11) is -3.62. The Morgan fingerprint density at radius 1 is 1.53 bits per heavy atom. The first-order valence-electron chi connectivity index (χ1n) is 5.74. The minimum absolute atomic E-state index is 0.199. The maximum absolute atomic E-state index is 13.2. The summed E-state index contributed by atoms with van der Waals surface area (Å²) in [6.07, 6.45) is 0. The molecule has 19 heavy (non-hydrogen) atoms. The number of carboxylic acids is 1. The van der Waals surface area contributed by atoms with Crippen molar-refractivity contribution >= 4 is 15.8 Å². The molecule has 0 heterocycles. The van der Waals surface area contributed by atoms with Gasteiger partial charge >= 0.3 is 5.97 Å². The molecule has 3 N–H and O–H groups in total. The van der Waals surface area contributed by atoms with Crippen LogP contribution >= 0.6 is 0 Å². The van der Waals surface area contributed by atoms with Gasteiger partial charge in [0.05, 0.1) is 5.25 Å². The van der Waals surface area contributed by atoms with Crippen LogP contribution in [0.15, 0.2) is 24.3 Å². The van der Waals surface area contributed by atoms with E-state index < -0.39 is 38.3 Å². The topological polar surface area (TPSA) is 97.5 Å². The summed E-state index contributed by atoms with van der Waals surface area (Å²) in [5.41, 5.74) is 4.15. The fraction of sp³-hybridized carbons (Fsp3) is 0.417. The van der Waals surface area contributed by atoms with E-state index in [4.69, 9.17) is 10.8 Å². The quantitative estimate of drug-likeness (QED) is 0.841. The molecule has 1 aliphatic rings. The molecule has 3 atom stereocenters. The number of carboxylic acid groups (broad SMARTS) is 1. The molecule has 7 heteroatoms. The van der Waals surface area contributed by atoms with Crippen molar-refractivity contribution in [2.24, 2.45) is 5.73 Å². The molecule has 5 nitrogen and oxygen atoms in total. The Kier molecular flexibility index (Phi) is 3.14. The number of rotatable bonds is 4. The van der Waals surface area contributed by atoms with Crippen molar-refractivity contribution in [3.05, 3.63) is 35.6 Å². The van der Waals surface area contributed by atoms with Crippen LogP contribution in [0.5, 0.6) is 0 Å². The van der Waals surface area contributed by atoms with Crippen LogP contribution in [0.3, 0.4) is 0 Å². The van der Waals surface area contributed by atoms with E-state index in [2.05, 4.69) is 0 Å². The van der Waals surface area contributed by atoms with Gasteiger partial charge in [-0.05, 0) is 17.7 Å². The van der Waals surface area contributed by atoms with Gasteiger partial charge in [-0.1, -0.05) is 19.1 Å². The Hall–Kier alpha value is -1.47. The molecular formula is C12H14FNO4S. The van der Waals surface area contributed by atoms with Gasteiger partial charge in [0, 0.05) is 11.7 Å². The van der Waals surface area contributed by atoms with E-state index in [1.807, 2.05) is 0 Å². The smallest absolute Gasteiger partial charge is 0.325 e. The number of carbonyl (C=O) groups is 1. The zero-order valence-electron chi connectivity index (χ0n) is 10.2. The standard InChI is InChI=1S/C12H14FNO4S/c1-2-19(17,18)10-9(12(10,14)11(15)16)7-4-3-5-8(13)6-7/h3-6,9-10H,2,14H2,1H3,(H,15,16)/t9-,10+,12-/m0/s1. The van der Waals surface area contributed by atoms with Crippen LogP contribution in [-0.4, -0.2) is 36.0 Å². The Balaban J connectivity index is 2.49. The highest BCUT2D eigenvalue weighted by atomic mass is 32.2.